The van der Waals surface area contributed by atoms with E-state index in [9.17, 15) is 0 Å². The number of halogens is 1. The van der Waals surface area contributed by atoms with Gasteiger partial charge in [0.1, 0.15) is 0 Å². The largest absolute Gasteiger partial charge is 0.326 e. The highest BCUT2D eigenvalue weighted by molar-refractivity contribution is 6.31. The minimum absolute atomic E-state index is 0.146. The molecule has 2 unspecified atom stereocenters. The first-order valence-electron chi connectivity index (χ1n) is 7.94. The van der Waals surface area contributed by atoms with Crippen molar-refractivity contribution in [3.63, 3.8) is 0 Å². The number of unbranched alkanes of at least 4 members (excludes halogenated alkanes) is 1. The Hall–Kier alpha value is -0.570. The van der Waals surface area contributed by atoms with Crippen LogP contribution in [0.4, 0.5) is 0 Å². The Kier molecular flexibility index (Phi) is 5.88. The van der Waals surface area contributed by atoms with Crippen LogP contribution in [0.15, 0.2) is 24.3 Å². The summed E-state index contributed by atoms with van der Waals surface area (Å²) in [5, 5.41) is 0.851. The topological polar surface area (TPSA) is 29.3 Å². The Morgan fingerprint density at radius 1 is 1.30 bits per heavy atom. The van der Waals surface area contributed by atoms with Gasteiger partial charge in [-0.1, -0.05) is 50.1 Å². The van der Waals surface area contributed by atoms with Gasteiger partial charge >= 0.3 is 0 Å². The molecule has 0 bridgehead atoms. The molecule has 2 atom stereocenters. The summed E-state index contributed by atoms with van der Waals surface area (Å²) in [6.45, 7) is 5.54. The molecule has 0 aliphatic heterocycles. The number of hydrogen-bond donors (Lipinski definition) is 1. The van der Waals surface area contributed by atoms with Crippen LogP contribution in [0.3, 0.4) is 0 Å². The van der Waals surface area contributed by atoms with Crippen molar-refractivity contribution < 1.29 is 0 Å². The molecule has 2 N–H and O–H groups in total. The average Bonchev–Trinajstić information content (AvgIpc) is 3.28. The van der Waals surface area contributed by atoms with E-state index in [2.05, 4.69) is 30.9 Å². The fourth-order valence-electron chi connectivity index (χ4n) is 2.89. The smallest absolute Gasteiger partial charge is 0.0516 e. The molecule has 2 nitrogen and oxygen atoms in total. The van der Waals surface area contributed by atoms with Crippen molar-refractivity contribution in [1.82, 2.24) is 4.90 Å². The number of nitrogens with two attached hydrogens (primary N) is 1. The van der Waals surface area contributed by atoms with Gasteiger partial charge in [0.2, 0.25) is 0 Å². The van der Waals surface area contributed by atoms with Gasteiger partial charge in [0.05, 0.1) is 6.04 Å². The van der Waals surface area contributed by atoms with Crippen LogP contribution in [-0.2, 0) is 0 Å². The van der Waals surface area contributed by atoms with Crippen LogP contribution in [0.1, 0.15) is 57.6 Å². The van der Waals surface area contributed by atoms with E-state index in [1.54, 1.807) is 0 Å². The first-order chi connectivity index (χ1) is 9.69. The summed E-state index contributed by atoms with van der Waals surface area (Å²) in [6, 6.07) is 9.30. The average molecular weight is 295 g/mol. The molecule has 1 saturated carbocycles. The Morgan fingerprint density at radius 2 is 2.00 bits per heavy atom. The second-order valence-electron chi connectivity index (χ2n) is 5.86. The number of hydrogen-bond acceptors (Lipinski definition) is 2. The molecule has 0 heterocycles. The maximum Gasteiger partial charge on any atom is 0.0516 e. The molecule has 0 saturated heterocycles. The molecule has 0 amide bonds. The van der Waals surface area contributed by atoms with Gasteiger partial charge in [0, 0.05) is 17.1 Å². The molecule has 1 fully saturated rings. The van der Waals surface area contributed by atoms with Crippen molar-refractivity contribution >= 4 is 11.6 Å². The Morgan fingerprint density at radius 3 is 2.55 bits per heavy atom. The van der Waals surface area contributed by atoms with Crippen molar-refractivity contribution in [3.8, 4) is 0 Å². The van der Waals surface area contributed by atoms with Gasteiger partial charge in [-0.2, -0.15) is 0 Å². The van der Waals surface area contributed by atoms with Crippen molar-refractivity contribution in [2.24, 2.45) is 5.73 Å². The van der Waals surface area contributed by atoms with Crippen LogP contribution < -0.4 is 5.73 Å². The van der Waals surface area contributed by atoms with E-state index >= 15 is 0 Å². The lowest BCUT2D eigenvalue weighted by atomic mass is 9.95. The fourth-order valence-corrected chi connectivity index (χ4v) is 3.14. The summed E-state index contributed by atoms with van der Waals surface area (Å²) in [5.41, 5.74) is 7.66. The molecular formula is C17H27ClN2. The van der Waals surface area contributed by atoms with Crippen LogP contribution in [0, 0.1) is 0 Å². The quantitative estimate of drug-likeness (QED) is 0.771. The number of nitrogens with zero attached hydrogens (tertiary/aromatic N) is 1. The number of benzene rings is 1. The van der Waals surface area contributed by atoms with E-state index in [1.807, 2.05) is 12.1 Å². The zero-order valence-electron chi connectivity index (χ0n) is 12.7. The van der Waals surface area contributed by atoms with Crippen LogP contribution in [-0.4, -0.2) is 23.5 Å². The fraction of sp³-hybridized carbons (Fsp3) is 0.647. The molecule has 0 spiro atoms. The van der Waals surface area contributed by atoms with Crippen LogP contribution in [0.25, 0.3) is 0 Å². The lowest BCUT2D eigenvalue weighted by molar-refractivity contribution is 0.157. The zero-order chi connectivity index (χ0) is 14.5. The Labute approximate surface area is 128 Å². The molecule has 0 radical (unpaired) electrons. The molecule has 0 aromatic heterocycles. The van der Waals surface area contributed by atoms with Crippen molar-refractivity contribution in [2.45, 2.75) is 64.1 Å². The summed E-state index contributed by atoms with van der Waals surface area (Å²) in [4.78, 5) is 2.61. The zero-order valence-corrected chi connectivity index (χ0v) is 13.4. The Bertz CT molecular complexity index is 417. The molecule has 1 aromatic rings. The summed E-state index contributed by atoms with van der Waals surface area (Å²) in [7, 11) is 0. The van der Waals surface area contributed by atoms with E-state index in [0.29, 0.717) is 6.04 Å². The maximum absolute atomic E-state index is 6.46. The highest BCUT2D eigenvalue weighted by Crippen LogP contribution is 2.38. The van der Waals surface area contributed by atoms with Gasteiger partial charge in [0.25, 0.3) is 0 Å². The summed E-state index contributed by atoms with van der Waals surface area (Å²) >= 11 is 6.44. The van der Waals surface area contributed by atoms with Gasteiger partial charge in [0.15, 0.2) is 0 Å². The third-order valence-electron chi connectivity index (χ3n) is 4.24. The van der Waals surface area contributed by atoms with Crippen molar-refractivity contribution in [3.05, 3.63) is 34.9 Å². The minimum atomic E-state index is 0.146. The minimum Gasteiger partial charge on any atom is -0.326 e. The van der Waals surface area contributed by atoms with E-state index in [1.165, 1.54) is 31.2 Å². The van der Waals surface area contributed by atoms with E-state index in [-0.39, 0.29) is 12.1 Å². The second-order valence-corrected chi connectivity index (χ2v) is 6.27. The van der Waals surface area contributed by atoms with Crippen LogP contribution in [0.2, 0.25) is 5.02 Å². The van der Waals surface area contributed by atoms with Crippen LogP contribution in [0.5, 0.6) is 0 Å². The lowest BCUT2D eigenvalue weighted by Gasteiger charge is -2.36. The Balaban J connectivity index is 2.27. The number of rotatable bonds is 8. The van der Waals surface area contributed by atoms with Gasteiger partial charge in [-0.05, 0) is 43.9 Å². The van der Waals surface area contributed by atoms with E-state index < -0.39 is 0 Å². The highest BCUT2D eigenvalue weighted by Gasteiger charge is 2.37. The van der Waals surface area contributed by atoms with Gasteiger partial charge < -0.3 is 5.73 Å². The predicted octanol–water partition coefficient (Wildman–Crippen LogP) is 4.38. The van der Waals surface area contributed by atoms with Crippen molar-refractivity contribution in [1.29, 1.82) is 0 Å². The molecule has 2 rings (SSSR count). The molecule has 3 heteroatoms. The van der Waals surface area contributed by atoms with Gasteiger partial charge in [-0.25, -0.2) is 0 Å². The van der Waals surface area contributed by atoms with Gasteiger partial charge in [-0.3, -0.25) is 4.90 Å². The van der Waals surface area contributed by atoms with Gasteiger partial charge in [-0.15, -0.1) is 0 Å². The predicted molar refractivity (Wildman–Crippen MR) is 87.1 cm³/mol. The molecule has 20 heavy (non-hydrogen) atoms. The standard InChI is InChI=1S/C17H27ClN2/c1-3-5-12-20(13-10-11-13)17(16(19)4-2)14-8-6-7-9-15(14)18/h6-9,13,16-17H,3-5,10-12,19H2,1-2H3. The van der Waals surface area contributed by atoms with Crippen LogP contribution >= 0.6 is 11.6 Å². The SMILES string of the molecule is CCCCN(C1CC1)C(c1ccccc1Cl)C(N)CC. The highest BCUT2D eigenvalue weighted by atomic mass is 35.5. The molecule has 1 aromatic carbocycles. The first kappa shape index (κ1) is 15.8. The third kappa shape index (κ3) is 3.75. The second kappa shape index (κ2) is 7.44. The normalized spacial score (nSPS) is 18.2. The third-order valence-corrected chi connectivity index (χ3v) is 4.59. The monoisotopic (exact) mass is 294 g/mol. The molecule has 1 aliphatic rings. The van der Waals surface area contributed by atoms with E-state index in [4.69, 9.17) is 17.3 Å². The molecule has 112 valence electrons. The molecular weight excluding hydrogens is 268 g/mol. The van der Waals surface area contributed by atoms with Crippen molar-refractivity contribution in [2.75, 3.05) is 6.54 Å². The first-order valence-corrected chi connectivity index (χ1v) is 8.32. The van der Waals surface area contributed by atoms with E-state index in [0.717, 1.165) is 18.0 Å². The lowest BCUT2D eigenvalue weighted by Crippen LogP contribution is -2.42. The summed E-state index contributed by atoms with van der Waals surface area (Å²) < 4.78 is 0. The summed E-state index contributed by atoms with van der Waals surface area (Å²) in [5.74, 6) is 0. The maximum atomic E-state index is 6.46. The molecule has 1 aliphatic carbocycles. The summed E-state index contributed by atoms with van der Waals surface area (Å²) in [6.07, 6.45) is 6.04.